The lowest BCUT2D eigenvalue weighted by Crippen LogP contribution is -2.30. The number of hydrogen-bond acceptors (Lipinski definition) is 6. The van der Waals surface area contributed by atoms with E-state index in [1.165, 1.54) is 11.1 Å². The van der Waals surface area contributed by atoms with Gasteiger partial charge in [-0.15, -0.1) is 6.58 Å². The molecule has 0 aliphatic heterocycles. The first-order chi connectivity index (χ1) is 20.9. The topological polar surface area (TPSA) is 121 Å². The standard InChI is InChI=1S/C40H76O6/c1-11-35(5,41)22-13-20-34(4)21-14-24-37(7,43)26-16-28-39(9,45)30-18-32-40(10,46)31-17-29-38(8,44)27-15-25-36(6,42)23-12-19-33(2)3/h11,19-20,41-46H,1,12-18,21-32H2,2-10H3/b34-20+/t35-,36+,37-,38+,39-,40+/m1/s1. The van der Waals surface area contributed by atoms with E-state index in [-0.39, 0.29) is 0 Å². The lowest BCUT2D eigenvalue weighted by molar-refractivity contribution is -0.00580. The molecule has 0 heterocycles. The molecule has 6 nitrogen and oxygen atoms in total. The van der Waals surface area contributed by atoms with Crippen LogP contribution in [0.15, 0.2) is 36.0 Å². The van der Waals surface area contributed by atoms with Gasteiger partial charge >= 0.3 is 0 Å². The molecule has 0 aromatic rings. The smallest absolute Gasteiger partial charge is 0.0800 e. The molecule has 0 saturated carbocycles. The van der Waals surface area contributed by atoms with Crippen LogP contribution in [0.2, 0.25) is 0 Å². The van der Waals surface area contributed by atoms with Gasteiger partial charge in [0.1, 0.15) is 0 Å². The molecule has 0 aliphatic carbocycles. The Bertz CT molecular complexity index is 903. The van der Waals surface area contributed by atoms with Crippen LogP contribution in [0, 0.1) is 0 Å². The highest BCUT2D eigenvalue weighted by Gasteiger charge is 2.28. The van der Waals surface area contributed by atoms with Gasteiger partial charge in [-0.05, 0) is 184 Å². The van der Waals surface area contributed by atoms with Crippen molar-refractivity contribution in [1.29, 1.82) is 0 Å². The Morgan fingerprint density at radius 1 is 0.457 bits per heavy atom. The van der Waals surface area contributed by atoms with Crippen molar-refractivity contribution in [2.24, 2.45) is 0 Å². The van der Waals surface area contributed by atoms with E-state index < -0.39 is 33.6 Å². The predicted octanol–water partition coefficient (Wildman–Crippen LogP) is 9.00. The minimum atomic E-state index is -0.847. The van der Waals surface area contributed by atoms with Gasteiger partial charge in [0.2, 0.25) is 0 Å². The first-order valence-corrected chi connectivity index (χ1v) is 18.2. The second kappa shape index (κ2) is 20.5. The second-order valence-electron chi connectivity index (χ2n) is 16.7. The van der Waals surface area contributed by atoms with Crippen molar-refractivity contribution in [2.75, 3.05) is 0 Å². The summed E-state index contributed by atoms with van der Waals surface area (Å²) >= 11 is 0. The Morgan fingerprint density at radius 3 is 1.09 bits per heavy atom. The van der Waals surface area contributed by atoms with Crippen LogP contribution < -0.4 is 0 Å². The van der Waals surface area contributed by atoms with E-state index in [1.807, 2.05) is 34.6 Å². The van der Waals surface area contributed by atoms with Gasteiger partial charge in [0, 0.05) is 0 Å². The van der Waals surface area contributed by atoms with Crippen molar-refractivity contribution in [2.45, 2.75) is 218 Å². The van der Waals surface area contributed by atoms with Crippen LogP contribution in [0.1, 0.15) is 184 Å². The molecule has 0 saturated heterocycles. The molecule has 0 fully saturated rings. The molecule has 6 N–H and O–H groups in total. The van der Waals surface area contributed by atoms with Gasteiger partial charge in [-0.3, -0.25) is 0 Å². The number of aliphatic hydroxyl groups is 6. The predicted molar refractivity (Wildman–Crippen MR) is 195 cm³/mol. The van der Waals surface area contributed by atoms with Crippen molar-refractivity contribution in [3.8, 4) is 0 Å². The summed E-state index contributed by atoms with van der Waals surface area (Å²) in [6.07, 6.45) is 19.3. The Hall–Kier alpha value is -1.02. The van der Waals surface area contributed by atoms with Crippen molar-refractivity contribution < 1.29 is 30.6 Å². The fourth-order valence-corrected chi connectivity index (χ4v) is 6.26. The van der Waals surface area contributed by atoms with Gasteiger partial charge < -0.3 is 30.6 Å². The van der Waals surface area contributed by atoms with Gasteiger partial charge in [-0.25, -0.2) is 0 Å². The summed E-state index contributed by atoms with van der Waals surface area (Å²) in [6.45, 7) is 21.0. The summed E-state index contributed by atoms with van der Waals surface area (Å²) in [4.78, 5) is 0. The molecule has 0 unspecified atom stereocenters. The summed E-state index contributed by atoms with van der Waals surface area (Å²) in [7, 11) is 0. The molecule has 0 bridgehead atoms. The van der Waals surface area contributed by atoms with Crippen molar-refractivity contribution in [3.63, 3.8) is 0 Å². The molecule has 0 rings (SSSR count). The lowest BCUT2D eigenvalue weighted by Gasteiger charge is -2.30. The molecule has 46 heavy (non-hydrogen) atoms. The maximum atomic E-state index is 11.0. The number of hydrogen-bond donors (Lipinski definition) is 6. The number of allylic oxidation sites excluding steroid dienone is 4. The van der Waals surface area contributed by atoms with Crippen LogP contribution in [0.5, 0.6) is 0 Å². The van der Waals surface area contributed by atoms with Gasteiger partial charge in [-0.2, -0.15) is 0 Å². The van der Waals surface area contributed by atoms with Crippen LogP contribution in [-0.4, -0.2) is 64.2 Å². The highest BCUT2D eigenvalue weighted by atomic mass is 16.3. The largest absolute Gasteiger partial charge is 0.390 e. The molecule has 272 valence electrons. The minimum Gasteiger partial charge on any atom is -0.390 e. The molecular formula is C40H76O6. The summed E-state index contributed by atoms with van der Waals surface area (Å²) in [6, 6.07) is 0. The van der Waals surface area contributed by atoms with E-state index in [0.717, 1.165) is 51.4 Å². The summed E-state index contributed by atoms with van der Waals surface area (Å²) in [5, 5.41) is 64.4. The zero-order chi connectivity index (χ0) is 35.7. The maximum absolute atomic E-state index is 11.0. The van der Waals surface area contributed by atoms with Gasteiger partial charge in [0.05, 0.1) is 33.6 Å². The quantitative estimate of drug-likeness (QED) is 0.0493. The van der Waals surface area contributed by atoms with E-state index in [9.17, 15) is 30.6 Å². The molecule has 0 spiro atoms. The summed E-state index contributed by atoms with van der Waals surface area (Å²) in [5.74, 6) is 0. The Labute approximate surface area is 284 Å². The fourth-order valence-electron chi connectivity index (χ4n) is 6.26. The Balaban J connectivity index is 4.33. The maximum Gasteiger partial charge on any atom is 0.0800 e. The summed E-state index contributed by atoms with van der Waals surface area (Å²) < 4.78 is 0. The molecule has 6 atom stereocenters. The first-order valence-electron chi connectivity index (χ1n) is 18.2. The molecule has 0 aliphatic rings. The first kappa shape index (κ1) is 45.0. The molecular weight excluding hydrogens is 576 g/mol. The van der Waals surface area contributed by atoms with Crippen molar-refractivity contribution in [3.05, 3.63) is 36.0 Å². The Kier molecular flexibility index (Phi) is 20.0. The van der Waals surface area contributed by atoms with Gasteiger partial charge in [-0.1, -0.05) is 29.4 Å². The minimum absolute atomic E-state index is 0.593. The fraction of sp³-hybridized carbons (Fsp3) is 0.850. The highest BCUT2D eigenvalue weighted by Crippen LogP contribution is 2.31. The normalized spacial score (nSPS) is 20.4. The SMILES string of the molecule is C=C[C@@](C)(O)CC/C=C(\C)CCC[C@@](C)(O)CCC[C@@](C)(O)CCC[C@@](C)(O)CCC[C@@](C)(O)CCC[C@@](C)(O)CCC=C(C)C. The summed E-state index contributed by atoms with van der Waals surface area (Å²) in [5.41, 5.74) is -2.30. The molecule has 6 heteroatoms. The third kappa shape index (κ3) is 25.1. The third-order valence-corrected chi connectivity index (χ3v) is 9.83. The van der Waals surface area contributed by atoms with Gasteiger partial charge in [0.25, 0.3) is 0 Å². The van der Waals surface area contributed by atoms with Gasteiger partial charge in [0.15, 0.2) is 0 Å². The third-order valence-electron chi connectivity index (χ3n) is 9.83. The zero-order valence-electron chi connectivity index (χ0n) is 31.6. The van der Waals surface area contributed by atoms with E-state index in [0.29, 0.717) is 70.6 Å². The molecule has 0 amide bonds. The molecule has 0 aromatic heterocycles. The highest BCUT2D eigenvalue weighted by molar-refractivity contribution is 5.01. The van der Waals surface area contributed by atoms with Crippen LogP contribution in [0.3, 0.4) is 0 Å². The average molecular weight is 653 g/mol. The van der Waals surface area contributed by atoms with E-state index in [4.69, 9.17) is 0 Å². The lowest BCUT2D eigenvalue weighted by atomic mass is 9.84. The average Bonchev–Trinajstić information content (AvgIpc) is 2.87. The molecule has 0 radical (unpaired) electrons. The van der Waals surface area contributed by atoms with E-state index in [1.54, 1.807) is 13.0 Å². The monoisotopic (exact) mass is 653 g/mol. The van der Waals surface area contributed by atoms with E-state index in [2.05, 4.69) is 39.5 Å². The van der Waals surface area contributed by atoms with Crippen LogP contribution in [0.4, 0.5) is 0 Å². The number of rotatable bonds is 27. The Morgan fingerprint density at radius 2 is 0.761 bits per heavy atom. The van der Waals surface area contributed by atoms with E-state index >= 15 is 0 Å². The van der Waals surface area contributed by atoms with Crippen LogP contribution in [-0.2, 0) is 0 Å². The second-order valence-corrected chi connectivity index (χ2v) is 16.7. The zero-order valence-corrected chi connectivity index (χ0v) is 31.6. The van der Waals surface area contributed by atoms with Crippen molar-refractivity contribution in [1.82, 2.24) is 0 Å². The molecule has 0 aromatic carbocycles. The van der Waals surface area contributed by atoms with Crippen molar-refractivity contribution >= 4 is 0 Å². The van der Waals surface area contributed by atoms with Crippen LogP contribution >= 0.6 is 0 Å². The van der Waals surface area contributed by atoms with Crippen LogP contribution in [0.25, 0.3) is 0 Å².